The topological polar surface area (TPSA) is 88.0 Å². The fraction of sp³-hybridized carbons (Fsp3) is 0.579. The van der Waals surface area contributed by atoms with Crippen molar-refractivity contribution < 1.29 is 4.79 Å². The molecule has 27 heavy (non-hydrogen) atoms. The number of carbonyl (C=O) groups is 1. The molecule has 144 valence electrons. The van der Waals surface area contributed by atoms with Crippen LogP contribution in [-0.4, -0.2) is 63.2 Å². The summed E-state index contributed by atoms with van der Waals surface area (Å²) in [5, 5.41) is 18.7. The van der Waals surface area contributed by atoms with Gasteiger partial charge in [0.05, 0.1) is 5.69 Å². The van der Waals surface area contributed by atoms with Crippen LogP contribution in [-0.2, 0) is 4.79 Å². The van der Waals surface area contributed by atoms with E-state index in [0.29, 0.717) is 24.2 Å². The Hall–Kier alpha value is -2.48. The predicted molar refractivity (Wildman–Crippen MR) is 103 cm³/mol. The van der Waals surface area contributed by atoms with Gasteiger partial charge in [-0.1, -0.05) is 30.2 Å². The number of aromatic nitrogens is 4. The Kier molecular flexibility index (Phi) is 5.33. The van der Waals surface area contributed by atoms with Crippen LogP contribution < -0.4 is 10.6 Å². The lowest BCUT2D eigenvalue weighted by Crippen LogP contribution is -2.43. The number of benzene rings is 1. The van der Waals surface area contributed by atoms with Crippen LogP contribution in [0.2, 0.25) is 0 Å². The summed E-state index contributed by atoms with van der Waals surface area (Å²) in [5.41, 5.74) is 0.863. The van der Waals surface area contributed by atoms with E-state index < -0.39 is 0 Å². The summed E-state index contributed by atoms with van der Waals surface area (Å²) in [5.74, 6) is 2.06. The monoisotopic (exact) mass is 369 g/mol. The third kappa shape index (κ3) is 3.80. The van der Waals surface area contributed by atoms with Crippen LogP contribution >= 0.6 is 0 Å². The minimum atomic E-state index is -0.325. The summed E-state index contributed by atoms with van der Waals surface area (Å²) in [6.45, 7) is 5.87. The molecule has 1 amide bonds. The fourth-order valence-corrected chi connectivity index (χ4v) is 4.17. The van der Waals surface area contributed by atoms with Crippen LogP contribution in [0.25, 0.3) is 5.69 Å². The lowest BCUT2D eigenvalue weighted by Gasteiger charge is -2.26. The van der Waals surface area contributed by atoms with Crippen molar-refractivity contribution in [1.82, 2.24) is 30.4 Å². The zero-order chi connectivity index (χ0) is 18.6. The molecule has 0 radical (unpaired) electrons. The lowest BCUT2D eigenvalue weighted by molar-refractivity contribution is -0.132. The van der Waals surface area contributed by atoms with Crippen molar-refractivity contribution in [3.63, 3.8) is 0 Å². The smallest absolute Gasteiger partial charge is 0.248 e. The predicted octanol–water partition coefficient (Wildman–Crippen LogP) is 1.31. The molecule has 2 N–H and O–H groups in total. The minimum absolute atomic E-state index is 0.146. The fourth-order valence-electron chi connectivity index (χ4n) is 4.17. The first-order valence-electron chi connectivity index (χ1n) is 9.86. The number of para-hydroxylation sites is 1. The molecule has 0 spiro atoms. The third-order valence-electron chi connectivity index (χ3n) is 5.81. The number of carbonyl (C=O) groups excluding carboxylic acids is 1. The van der Waals surface area contributed by atoms with Gasteiger partial charge in [-0.3, -0.25) is 4.79 Å². The van der Waals surface area contributed by atoms with Crippen molar-refractivity contribution in [2.45, 2.75) is 32.2 Å². The summed E-state index contributed by atoms with van der Waals surface area (Å²) in [4.78, 5) is 15.2. The van der Waals surface area contributed by atoms with Gasteiger partial charge in [0.15, 0.2) is 0 Å². The molecule has 2 aliphatic rings. The maximum Gasteiger partial charge on any atom is 0.248 e. The van der Waals surface area contributed by atoms with Crippen LogP contribution in [0.15, 0.2) is 30.3 Å². The Morgan fingerprint density at radius 3 is 2.59 bits per heavy atom. The molecule has 0 saturated carbocycles. The molecule has 1 unspecified atom stereocenters. The molecule has 4 rings (SSSR count). The van der Waals surface area contributed by atoms with E-state index >= 15 is 0 Å². The van der Waals surface area contributed by atoms with Crippen molar-refractivity contribution in [2.75, 3.05) is 31.5 Å². The number of hydrogen-bond donors (Lipinski definition) is 2. The van der Waals surface area contributed by atoms with Crippen molar-refractivity contribution >= 4 is 11.9 Å². The number of rotatable bonds is 5. The molecule has 2 aromatic rings. The Balaban J connectivity index is 1.45. The third-order valence-corrected chi connectivity index (χ3v) is 5.81. The van der Waals surface area contributed by atoms with Crippen molar-refractivity contribution in [1.29, 1.82) is 0 Å². The summed E-state index contributed by atoms with van der Waals surface area (Å²) in [7, 11) is 0. The summed E-state index contributed by atoms with van der Waals surface area (Å²) < 4.78 is 1.63. The van der Waals surface area contributed by atoms with Gasteiger partial charge < -0.3 is 15.5 Å². The highest BCUT2D eigenvalue weighted by molar-refractivity contribution is 5.84. The molecule has 3 heterocycles. The van der Waals surface area contributed by atoms with Gasteiger partial charge in [-0.25, -0.2) is 0 Å². The van der Waals surface area contributed by atoms with Gasteiger partial charge in [-0.15, -0.1) is 0 Å². The molecule has 8 heteroatoms. The zero-order valence-electron chi connectivity index (χ0n) is 15.7. The van der Waals surface area contributed by atoms with E-state index in [4.69, 9.17) is 0 Å². The van der Waals surface area contributed by atoms with Gasteiger partial charge in [-0.2, -0.15) is 4.68 Å². The summed E-state index contributed by atoms with van der Waals surface area (Å²) in [6.07, 6.45) is 2.86. The molecule has 1 aromatic heterocycles. The number of anilines is 1. The second-order valence-electron chi connectivity index (χ2n) is 7.44. The van der Waals surface area contributed by atoms with Crippen molar-refractivity contribution in [2.24, 2.45) is 11.8 Å². The van der Waals surface area contributed by atoms with E-state index in [-0.39, 0.29) is 11.9 Å². The van der Waals surface area contributed by atoms with Crippen molar-refractivity contribution in [3.8, 4) is 5.69 Å². The van der Waals surface area contributed by atoms with Gasteiger partial charge in [0, 0.05) is 13.1 Å². The Morgan fingerprint density at radius 1 is 1.22 bits per heavy atom. The quantitative estimate of drug-likeness (QED) is 0.826. The van der Waals surface area contributed by atoms with Gasteiger partial charge in [-0.05, 0) is 66.7 Å². The van der Waals surface area contributed by atoms with E-state index in [0.717, 1.165) is 44.7 Å². The Labute approximate surface area is 159 Å². The summed E-state index contributed by atoms with van der Waals surface area (Å²) >= 11 is 0. The zero-order valence-corrected chi connectivity index (χ0v) is 15.7. The van der Waals surface area contributed by atoms with Gasteiger partial charge in [0.25, 0.3) is 0 Å². The number of likely N-dealkylation sites (tertiary alicyclic amines) is 1. The molecule has 0 bridgehead atoms. The maximum atomic E-state index is 13.1. The van der Waals surface area contributed by atoms with Gasteiger partial charge in [0.1, 0.15) is 6.04 Å². The molecule has 2 saturated heterocycles. The first-order valence-corrected chi connectivity index (χ1v) is 9.86. The average molecular weight is 369 g/mol. The number of nitrogens with one attached hydrogen (secondary N) is 2. The molecular formula is C19H27N7O. The van der Waals surface area contributed by atoms with Crippen LogP contribution in [0.1, 0.15) is 26.2 Å². The van der Waals surface area contributed by atoms with E-state index in [2.05, 4.69) is 26.2 Å². The first-order chi connectivity index (χ1) is 13.3. The van der Waals surface area contributed by atoms with Crippen LogP contribution in [0.5, 0.6) is 0 Å². The molecule has 0 aliphatic carbocycles. The number of tetrazole rings is 1. The van der Waals surface area contributed by atoms with Crippen LogP contribution in [0.4, 0.5) is 5.95 Å². The van der Waals surface area contributed by atoms with Crippen molar-refractivity contribution in [3.05, 3.63) is 30.3 Å². The van der Waals surface area contributed by atoms with Crippen LogP contribution in [0, 0.1) is 11.8 Å². The number of nitrogens with zero attached hydrogens (tertiary/aromatic N) is 5. The number of amides is 1. The highest BCUT2D eigenvalue weighted by Gasteiger charge is 2.33. The van der Waals surface area contributed by atoms with E-state index in [9.17, 15) is 4.79 Å². The molecule has 3 atom stereocenters. The first kappa shape index (κ1) is 17.9. The number of hydrogen-bond acceptors (Lipinski definition) is 6. The molecule has 8 nitrogen and oxygen atoms in total. The van der Waals surface area contributed by atoms with Crippen LogP contribution in [0.3, 0.4) is 0 Å². The van der Waals surface area contributed by atoms with Gasteiger partial charge >= 0.3 is 0 Å². The molecular weight excluding hydrogens is 342 g/mol. The number of fused-ring (bicyclic) bond motifs is 1. The highest BCUT2D eigenvalue weighted by atomic mass is 16.2. The molecule has 2 aliphatic heterocycles. The normalized spacial score (nSPS) is 23.5. The van der Waals surface area contributed by atoms with E-state index in [1.54, 1.807) is 4.68 Å². The average Bonchev–Trinajstić information content (AvgIpc) is 3.31. The highest BCUT2D eigenvalue weighted by Crippen LogP contribution is 2.27. The minimum Gasteiger partial charge on any atom is -0.341 e. The molecule has 2 fully saturated rings. The maximum absolute atomic E-state index is 13.1. The second kappa shape index (κ2) is 8.04. The molecule has 1 aromatic carbocycles. The largest absolute Gasteiger partial charge is 0.341 e. The summed E-state index contributed by atoms with van der Waals surface area (Å²) in [6, 6.07) is 9.37. The second-order valence-corrected chi connectivity index (χ2v) is 7.44. The van der Waals surface area contributed by atoms with E-state index in [1.807, 2.05) is 42.2 Å². The Morgan fingerprint density at radius 2 is 1.93 bits per heavy atom. The van der Waals surface area contributed by atoms with E-state index in [1.165, 1.54) is 0 Å². The van der Waals surface area contributed by atoms with Gasteiger partial charge in [0.2, 0.25) is 11.9 Å². The SMILES string of the molecule is CCC(Nc1nnnn1-c1ccccc1)C(=O)N1CC[C@@H]2CNC[C@@H]2CC1. The standard InChI is InChI=1S/C19H27N7O/c1-2-17(18(27)25-10-8-14-12-20-13-15(14)9-11-25)21-19-22-23-24-26(19)16-6-4-3-5-7-16/h3-7,14-15,17,20H,2,8-13H2,1H3,(H,21,22,24)/t14-,15+,17?. The Bertz CT molecular complexity index is 748. The lowest BCUT2D eigenvalue weighted by atomic mass is 9.92.